The zero-order valence-corrected chi connectivity index (χ0v) is 15.4. The Balaban J connectivity index is 2.00. The van der Waals surface area contributed by atoms with Gasteiger partial charge in [-0.2, -0.15) is 0 Å². The second-order valence-electron chi connectivity index (χ2n) is 6.94. The number of pyridine rings is 1. The third-order valence-corrected chi connectivity index (χ3v) is 5.47. The summed E-state index contributed by atoms with van der Waals surface area (Å²) in [4.78, 5) is 31.1. The van der Waals surface area contributed by atoms with Gasteiger partial charge in [-0.25, -0.2) is 4.79 Å². The Kier molecular flexibility index (Phi) is 4.85. The fourth-order valence-corrected chi connectivity index (χ4v) is 3.79. The molecule has 1 aliphatic carbocycles. The van der Waals surface area contributed by atoms with Crippen LogP contribution in [0.1, 0.15) is 48.2 Å². The highest BCUT2D eigenvalue weighted by Crippen LogP contribution is 2.34. The molecule has 0 atom stereocenters. The minimum Gasteiger partial charge on any atom is -0.497 e. The Morgan fingerprint density at radius 3 is 2.50 bits per heavy atom. The highest BCUT2D eigenvalue weighted by Gasteiger charge is 2.45. The topological polar surface area (TPSA) is 79.7 Å². The van der Waals surface area contributed by atoms with E-state index in [1.807, 2.05) is 18.2 Å². The first-order chi connectivity index (χ1) is 12.4. The Bertz CT molecular complexity index is 856. The lowest BCUT2D eigenvalue weighted by molar-refractivity contribution is -0.151. The summed E-state index contributed by atoms with van der Waals surface area (Å²) in [6.07, 6.45) is 3.62. The van der Waals surface area contributed by atoms with Crippen molar-refractivity contribution in [1.82, 2.24) is 9.88 Å². The first-order valence-electron chi connectivity index (χ1n) is 8.86. The molecule has 26 heavy (non-hydrogen) atoms. The number of hydrogen-bond acceptors (Lipinski definition) is 4. The van der Waals surface area contributed by atoms with Gasteiger partial charge in [0.2, 0.25) is 0 Å². The Labute approximate surface area is 152 Å². The van der Waals surface area contributed by atoms with E-state index in [2.05, 4.69) is 4.98 Å². The van der Waals surface area contributed by atoms with Crippen molar-refractivity contribution in [1.29, 1.82) is 0 Å². The molecule has 6 heteroatoms. The number of methoxy groups -OCH3 is 1. The molecule has 1 heterocycles. The van der Waals surface area contributed by atoms with Crippen LogP contribution in [0.4, 0.5) is 0 Å². The van der Waals surface area contributed by atoms with Gasteiger partial charge in [0.1, 0.15) is 11.3 Å². The van der Waals surface area contributed by atoms with Gasteiger partial charge in [0.15, 0.2) is 0 Å². The van der Waals surface area contributed by atoms with Crippen LogP contribution < -0.4 is 4.74 Å². The van der Waals surface area contributed by atoms with Crippen molar-refractivity contribution in [3.63, 3.8) is 0 Å². The third kappa shape index (κ3) is 3.00. The number of carbonyl (C=O) groups is 2. The van der Waals surface area contributed by atoms with Crippen LogP contribution in [0.25, 0.3) is 10.9 Å². The molecular weight excluding hydrogens is 332 g/mol. The van der Waals surface area contributed by atoms with E-state index in [-0.39, 0.29) is 5.91 Å². The van der Waals surface area contributed by atoms with Crippen LogP contribution >= 0.6 is 0 Å². The predicted molar refractivity (Wildman–Crippen MR) is 98.6 cm³/mol. The third-order valence-electron chi connectivity index (χ3n) is 5.47. The Morgan fingerprint density at radius 1 is 1.19 bits per heavy atom. The summed E-state index contributed by atoms with van der Waals surface area (Å²) < 4.78 is 5.22. The molecule has 0 radical (unpaired) electrons. The Hall–Kier alpha value is -2.63. The van der Waals surface area contributed by atoms with E-state index in [0.29, 0.717) is 29.8 Å². The fourth-order valence-electron chi connectivity index (χ4n) is 3.79. The fraction of sp³-hybridized carbons (Fsp3) is 0.450. The molecule has 0 bridgehead atoms. The van der Waals surface area contributed by atoms with Crippen molar-refractivity contribution in [2.45, 2.75) is 44.6 Å². The SMILES string of the molecule is COc1ccc2cc(C(=O)N(C)C3(C(=O)O)CCCCC3)c(C)nc2c1. The van der Waals surface area contributed by atoms with E-state index < -0.39 is 11.5 Å². The monoisotopic (exact) mass is 356 g/mol. The maximum absolute atomic E-state index is 13.1. The zero-order valence-electron chi connectivity index (χ0n) is 15.4. The van der Waals surface area contributed by atoms with E-state index in [4.69, 9.17) is 4.74 Å². The second-order valence-corrected chi connectivity index (χ2v) is 6.94. The predicted octanol–water partition coefficient (Wildman–Crippen LogP) is 3.41. The lowest BCUT2D eigenvalue weighted by Gasteiger charge is -2.41. The number of carbonyl (C=O) groups excluding carboxylic acids is 1. The van der Waals surface area contributed by atoms with E-state index in [1.165, 1.54) is 4.90 Å². The summed E-state index contributed by atoms with van der Waals surface area (Å²) in [6.45, 7) is 1.77. The van der Waals surface area contributed by atoms with Crippen LogP contribution in [-0.4, -0.2) is 46.6 Å². The lowest BCUT2D eigenvalue weighted by atomic mass is 9.80. The standard InChI is InChI=1S/C20H24N2O4/c1-13-16(11-14-7-8-15(26-3)12-17(14)21-13)18(23)22(2)20(19(24)25)9-5-4-6-10-20/h7-8,11-12H,4-6,9-10H2,1-3H3,(H,24,25). The molecule has 1 aliphatic rings. The number of likely N-dealkylation sites (N-methyl/N-ethyl adjacent to an activating group) is 1. The molecule has 0 unspecified atom stereocenters. The molecule has 2 aromatic rings. The van der Waals surface area contributed by atoms with Crippen molar-refractivity contribution in [2.75, 3.05) is 14.2 Å². The second kappa shape index (κ2) is 6.94. The van der Waals surface area contributed by atoms with Crippen LogP contribution in [0.3, 0.4) is 0 Å². The number of nitrogens with zero attached hydrogens (tertiary/aromatic N) is 2. The molecule has 1 amide bonds. The summed E-state index contributed by atoms with van der Waals surface area (Å²) in [5.41, 5.74) is 0.637. The number of carboxylic acids is 1. The van der Waals surface area contributed by atoms with Crippen molar-refractivity contribution < 1.29 is 19.4 Å². The molecule has 0 aliphatic heterocycles. The van der Waals surface area contributed by atoms with E-state index in [0.717, 1.165) is 30.2 Å². The number of benzene rings is 1. The van der Waals surface area contributed by atoms with Gasteiger partial charge in [0, 0.05) is 18.5 Å². The van der Waals surface area contributed by atoms with Crippen LogP contribution in [0.2, 0.25) is 0 Å². The molecule has 0 saturated heterocycles. The molecule has 6 nitrogen and oxygen atoms in total. The molecule has 1 saturated carbocycles. The zero-order chi connectivity index (χ0) is 18.9. The van der Waals surface area contributed by atoms with E-state index >= 15 is 0 Å². The van der Waals surface area contributed by atoms with Gasteiger partial charge < -0.3 is 14.7 Å². The van der Waals surface area contributed by atoms with Crippen molar-refractivity contribution in [3.8, 4) is 5.75 Å². The van der Waals surface area contributed by atoms with Gasteiger partial charge in [-0.05, 0) is 38.0 Å². The van der Waals surface area contributed by atoms with Crippen LogP contribution in [0, 0.1) is 6.92 Å². The number of aryl methyl sites for hydroxylation is 1. The van der Waals surface area contributed by atoms with Crippen LogP contribution in [-0.2, 0) is 4.79 Å². The molecule has 1 aromatic carbocycles. The summed E-state index contributed by atoms with van der Waals surface area (Å²) in [6, 6.07) is 7.27. The molecule has 0 spiro atoms. The molecule has 3 rings (SSSR count). The highest BCUT2D eigenvalue weighted by atomic mass is 16.5. The van der Waals surface area contributed by atoms with Gasteiger partial charge in [-0.3, -0.25) is 9.78 Å². The number of amides is 1. The maximum Gasteiger partial charge on any atom is 0.329 e. The summed E-state index contributed by atoms with van der Waals surface area (Å²) in [5, 5.41) is 10.7. The largest absolute Gasteiger partial charge is 0.497 e. The molecule has 138 valence electrons. The van der Waals surface area contributed by atoms with Crippen LogP contribution in [0.15, 0.2) is 24.3 Å². The van der Waals surface area contributed by atoms with Crippen molar-refractivity contribution in [2.24, 2.45) is 0 Å². The number of ether oxygens (including phenoxy) is 1. The molecule has 1 N–H and O–H groups in total. The summed E-state index contributed by atoms with van der Waals surface area (Å²) >= 11 is 0. The molecular formula is C20H24N2O4. The molecule has 1 fully saturated rings. The van der Waals surface area contributed by atoms with Gasteiger partial charge in [0.05, 0.1) is 23.9 Å². The normalized spacial score (nSPS) is 16.3. The van der Waals surface area contributed by atoms with Crippen molar-refractivity contribution >= 4 is 22.8 Å². The van der Waals surface area contributed by atoms with E-state index in [9.17, 15) is 14.7 Å². The average Bonchev–Trinajstić information content (AvgIpc) is 2.66. The number of hydrogen-bond donors (Lipinski definition) is 1. The maximum atomic E-state index is 13.1. The summed E-state index contributed by atoms with van der Waals surface area (Å²) in [7, 11) is 3.19. The van der Waals surface area contributed by atoms with Gasteiger partial charge >= 0.3 is 5.97 Å². The van der Waals surface area contributed by atoms with Gasteiger partial charge in [-0.1, -0.05) is 19.3 Å². The Morgan fingerprint density at radius 2 is 1.88 bits per heavy atom. The number of fused-ring (bicyclic) bond motifs is 1. The number of aromatic nitrogens is 1. The average molecular weight is 356 g/mol. The minimum absolute atomic E-state index is 0.294. The van der Waals surface area contributed by atoms with Crippen LogP contribution in [0.5, 0.6) is 5.75 Å². The highest BCUT2D eigenvalue weighted by molar-refractivity contribution is 6.01. The van der Waals surface area contributed by atoms with E-state index in [1.54, 1.807) is 27.1 Å². The number of rotatable bonds is 4. The number of aliphatic carboxylic acids is 1. The number of carboxylic acid groups (broad SMARTS) is 1. The quantitative estimate of drug-likeness (QED) is 0.908. The van der Waals surface area contributed by atoms with Crippen molar-refractivity contribution in [3.05, 3.63) is 35.5 Å². The summed E-state index contributed by atoms with van der Waals surface area (Å²) in [5.74, 6) is -0.520. The minimum atomic E-state index is -1.13. The first kappa shape index (κ1) is 18.2. The van der Waals surface area contributed by atoms with Gasteiger partial charge in [-0.15, -0.1) is 0 Å². The smallest absolute Gasteiger partial charge is 0.329 e. The van der Waals surface area contributed by atoms with Gasteiger partial charge in [0.25, 0.3) is 5.91 Å². The molecule has 1 aromatic heterocycles. The lowest BCUT2D eigenvalue weighted by Crippen LogP contribution is -2.56. The first-order valence-corrected chi connectivity index (χ1v) is 8.86.